The van der Waals surface area contributed by atoms with Gasteiger partial charge < -0.3 is 14.7 Å². The van der Waals surface area contributed by atoms with E-state index >= 15 is 0 Å². The zero-order valence-corrected chi connectivity index (χ0v) is 13.0. The van der Waals surface area contributed by atoms with Crippen LogP contribution in [0.15, 0.2) is 18.2 Å². The summed E-state index contributed by atoms with van der Waals surface area (Å²) in [6.45, 7) is 1.17. The summed E-state index contributed by atoms with van der Waals surface area (Å²) in [5, 5.41) is 9.08. The Bertz CT molecular complexity index is 637. The van der Waals surface area contributed by atoms with Crippen LogP contribution in [0.2, 0.25) is 0 Å². The molecule has 1 unspecified atom stereocenters. The standard InChI is InChI=1S/C17H20FNO4/c1-23-14-3-2-11(8-13(14)18)9-15(20)19-6-4-17(5-7-19)10-12(17)16(21)22/h2-3,8,12H,4-7,9-10H2,1H3,(H,21,22). The van der Waals surface area contributed by atoms with Crippen LogP contribution in [0.4, 0.5) is 4.39 Å². The van der Waals surface area contributed by atoms with Crippen molar-refractivity contribution < 1.29 is 23.8 Å². The van der Waals surface area contributed by atoms with Gasteiger partial charge in [-0.3, -0.25) is 9.59 Å². The van der Waals surface area contributed by atoms with E-state index in [1.165, 1.54) is 19.2 Å². The van der Waals surface area contributed by atoms with Gasteiger partial charge >= 0.3 is 5.97 Å². The quantitative estimate of drug-likeness (QED) is 0.922. The minimum atomic E-state index is -0.724. The van der Waals surface area contributed by atoms with Crippen molar-refractivity contribution >= 4 is 11.9 Å². The molecule has 2 aliphatic rings. The van der Waals surface area contributed by atoms with Crippen molar-refractivity contribution in [1.29, 1.82) is 0 Å². The van der Waals surface area contributed by atoms with Crippen LogP contribution < -0.4 is 4.74 Å². The topological polar surface area (TPSA) is 66.8 Å². The van der Waals surface area contributed by atoms with Crippen molar-refractivity contribution in [2.75, 3.05) is 20.2 Å². The summed E-state index contributed by atoms with van der Waals surface area (Å²) < 4.78 is 18.5. The summed E-state index contributed by atoms with van der Waals surface area (Å²) in [6, 6.07) is 4.53. The van der Waals surface area contributed by atoms with E-state index in [2.05, 4.69) is 0 Å². The van der Waals surface area contributed by atoms with E-state index in [1.54, 1.807) is 11.0 Å². The second-order valence-corrected chi connectivity index (χ2v) is 6.48. The Kier molecular flexibility index (Phi) is 4.00. The van der Waals surface area contributed by atoms with Crippen LogP contribution in [-0.4, -0.2) is 42.1 Å². The third kappa shape index (κ3) is 3.02. The molecule has 1 aliphatic carbocycles. The summed E-state index contributed by atoms with van der Waals surface area (Å²) in [5.74, 6) is -1.32. The molecule has 23 heavy (non-hydrogen) atoms. The Hall–Kier alpha value is -2.11. The van der Waals surface area contributed by atoms with Gasteiger partial charge in [-0.2, -0.15) is 0 Å². The number of nitrogens with zero attached hydrogens (tertiary/aromatic N) is 1. The summed E-state index contributed by atoms with van der Waals surface area (Å²) in [7, 11) is 1.40. The molecular weight excluding hydrogens is 301 g/mol. The molecule has 0 bridgehead atoms. The highest BCUT2D eigenvalue weighted by Gasteiger charge is 2.59. The molecule has 2 fully saturated rings. The van der Waals surface area contributed by atoms with Crippen molar-refractivity contribution in [2.24, 2.45) is 11.3 Å². The van der Waals surface area contributed by atoms with Crippen molar-refractivity contribution in [2.45, 2.75) is 25.7 Å². The fourth-order valence-corrected chi connectivity index (χ4v) is 3.56. The number of hydrogen-bond donors (Lipinski definition) is 1. The number of methoxy groups -OCH3 is 1. The van der Waals surface area contributed by atoms with E-state index < -0.39 is 11.8 Å². The first-order chi connectivity index (χ1) is 10.9. The first-order valence-electron chi connectivity index (χ1n) is 7.78. The van der Waals surface area contributed by atoms with E-state index in [0.29, 0.717) is 18.7 Å². The summed E-state index contributed by atoms with van der Waals surface area (Å²) >= 11 is 0. The molecule has 3 rings (SSSR count). The summed E-state index contributed by atoms with van der Waals surface area (Å²) in [6.07, 6.45) is 2.36. The largest absolute Gasteiger partial charge is 0.494 e. The molecule has 1 N–H and O–H groups in total. The lowest BCUT2D eigenvalue weighted by Crippen LogP contribution is -2.40. The van der Waals surface area contributed by atoms with Crippen molar-refractivity contribution in [1.82, 2.24) is 4.90 Å². The van der Waals surface area contributed by atoms with Crippen LogP contribution in [0.3, 0.4) is 0 Å². The van der Waals surface area contributed by atoms with Gasteiger partial charge in [-0.15, -0.1) is 0 Å². The highest BCUT2D eigenvalue weighted by molar-refractivity contribution is 5.79. The number of likely N-dealkylation sites (tertiary alicyclic amines) is 1. The molecule has 1 spiro atoms. The lowest BCUT2D eigenvalue weighted by atomic mass is 9.90. The van der Waals surface area contributed by atoms with E-state index in [1.807, 2.05) is 0 Å². The molecule has 0 aromatic heterocycles. The Morgan fingerprint density at radius 2 is 2.09 bits per heavy atom. The van der Waals surface area contributed by atoms with Crippen LogP contribution in [0.1, 0.15) is 24.8 Å². The SMILES string of the molecule is COc1ccc(CC(=O)N2CCC3(CC2)CC3C(=O)O)cc1F. The molecule has 5 nitrogen and oxygen atoms in total. The molecule has 124 valence electrons. The maximum atomic E-state index is 13.7. The van der Waals surface area contributed by atoms with Gasteiger partial charge in [-0.1, -0.05) is 6.07 Å². The minimum absolute atomic E-state index is 0.0445. The molecular formula is C17H20FNO4. The summed E-state index contributed by atoms with van der Waals surface area (Å²) in [5.41, 5.74) is 0.526. The van der Waals surface area contributed by atoms with Crippen molar-refractivity contribution in [3.8, 4) is 5.75 Å². The molecule has 0 radical (unpaired) electrons. The highest BCUT2D eigenvalue weighted by atomic mass is 19.1. The fraction of sp³-hybridized carbons (Fsp3) is 0.529. The number of aliphatic carboxylic acids is 1. The number of carbonyl (C=O) groups is 2. The van der Waals surface area contributed by atoms with Crippen molar-refractivity contribution in [3.05, 3.63) is 29.6 Å². The van der Waals surface area contributed by atoms with E-state index in [-0.39, 0.29) is 29.4 Å². The summed E-state index contributed by atoms with van der Waals surface area (Å²) in [4.78, 5) is 25.1. The average Bonchev–Trinajstić information content (AvgIpc) is 3.22. The van der Waals surface area contributed by atoms with Gasteiger partial charge in [0, 0.05) is 13.1 Å². The van der Waals surface area contributed by atoms with E-state index in [0.717, 1.165) is 19.3 Å². The monoisotopic (exact) mass is 321 g/mol. The molecule has 1 aromatic carbocycles. The number of halogens is 1. The number of hydrogen-bond acceptors (Lipinski definition) is 3. The van der Waals surface area contributed by atoms with Crippen molar-refractivity contribution in [3.63, 3.8) is 0 Å². The first-order valence-corrected chi connectivity index (χ1v) is 7.78. The van der Waals surface area contributed by atoms with Gasteiger partial charge in [-0.05, 0) is 42.4 Å². The van der Waals surface area contributed by atoms with E-state index in [9.17, 15) is 14.0 Å². The maximum Gasteiger partial charge on any atom is 0.307 e. The fourth-order valence-electron chi connectivity index (χ4n) is 3.56. The minimum Gasteiger partial charge on any atom is -0.494 e. The Morgan fingerprint density at radius 3 is 2.61 bits per heavy atom. The number of rotatable bonds is 4. The van der Waals surface area contributed by atoms with Gasteiger partial charge in [0.25, 0.3) is 0 Å². The van der Waals surface area contributed by atoms with Crippen LogP contribution in [0, 0.1) is 17.2 Å². The van der Waals surface area contributed by atoms with Crippen LogP contribution in [-0.2, 0) is 16.0 Å². The average molecular weight is 321 g/mol. The third-order valence-corrected chi connectivity index (χ3v) is 5.17. The third-order valence-electron chi connectivity index (χ3n) is 5.17. The highest BCUT2D eigenvalue weighted by Crippen LogP contribution is 2.59. The van der Waals surface area contributed by atoms with Gasteiger partial charge in [-0.25, -0.2) is 4.39 Å². The van der Waals surface area contributed by atoms with Gasteiger partial charge in [0.1, 0.15) is 0 Å². The predicted molar refractivity (Wildman–Crippen MR) is 80.6 cm³/mol. The lowest BCUT2D eigenvalue weighted by molar-refractivity contribution is -0.139. The number of benzene rings is 1. The lowest BCUT2D eigenvalue weighted by Gasteiger charge is -2.32. The Balaban J connectivity index is 1.56. The molecule has 1 amide bonds. The molecule has 1 heterocycles. The molecule has 1 aliphatic heterocycles. The van der Waals surface area contributed by atoms with Crippen LogP contribution >= 0.6 is 0 Å². The van der Waals surface area contributed by atoms with E-state index in [4.69, 9.17) is 9.84 Å². The number of ether oxygens (including phenoxy) is 1. The number of carbonyl (C=O) groups excluding carboxylic acids is 1. The van der Waals surface area contributed by atoms with Crippen LogP contribution in [0.5, 0.6) is 5.75 Å². The zero-order chi connectivity index (χ0) is 16.6. The van der Waals surface area contributed by atoms with Gasteiger partial charge in [0.05, 0.1) is 19.4 Å². The smallest absolute Gasteiger partial charge is 0.307 e. The number of carboxylic acid groups (broad SMARTS) is 1. The predicted octanol–water partition coefficient (Wildman–Crippen LogP) is 2.09. The molecule has 1 saturated heterocycles. The Labute approximate surface area is 134 Å². The second-order valence-electron chi connectivity index (χ2n) is 6.48. The van der Waals surface area contributed by atoms with Gasteiger partial charge in [0.2, 0.25) is 5.91 Å². The second kappa shape index (κ2) is 5.83. The maximum absolute atomic E-state index is 13.7. The molecule has 1 atom stereocenters. The first kappa shape index (κ1) is 15.8. The van der Waals surface area contributed by atoms with Gasteiger partial charge in [0.15, 0.2) is 11.6 Å². The Morgan fingerprint density at radius 1 is 1.39 bits per heavy atom. The molecule has 1 aromatic rings. The molecule has 6 heteroatoms. The normalized spacial score (nSPS) is 22.0. The van der Waals surface area contributed by atoms with Crippen LogP contribution in [0.25, 0.3) is 0 Å². The number of piperidine rings is 1. The molecule has 1 saturated carbocycles. The number of amides is 1. The number of carboxylic acids is 1. The zero-order valence-electron chi connectivity index (χ0n) is 13.0.